The van der Waals surface area contributed by atoms with Gasteiger partial charge in [-0.25, -0.2) is 0 Å². The molecule has 0 aromatic carbocycles. The molecule has 0 bridgehead atoms. The second-order valence-corrected chi connectivity index (χ2v) is 11.7. The second kappa shape index (κ2) is 18.8. The van der Waals surface area contributed by atoms with Crippen molar-refractivity contribution >= 4 is 29.6 Å². The van der Waals surface area contributed by atoms with E-state index < -0.39 is 36.2 Å². The first-order valence-electron chi connectivity index (χ1n) is 15.2. The van der Waals surface area contributed by atoms with E-state index in [0.29, 0.717) is 13.0 Å². The fourth-order valence-electron chi connectivity index (χ4n) is 5.88. The maximum atomic E-state index is 13.7. The normalized spacial score (nSPS) is 19.1. The first-order valence-corrected chi connectivity index (χ1v) is 15.2. The van der Waals surface area contributed by atoms with Crippen LogP contribution in [0.1, 0.15) is 60.3 Å². The lowest BCUT2D eigenvalue weighted by Gasteiger charge is -2.39. The quantitative estimate of drug-likeness (QED) is 0.188. The summed E-state index contributed by atoms with van der Waals surface area (Å²) in [7, 11) is 7.66. The number of hydrogen-bond acceptors (Lipinski definition) is 9. The van der Waals surface area contributed by atoms with Crippen molar-refractivity contribution in [2.24, 2.45) is 17.8 Å². The van der Waals surface area contributed by atoms with Crippen molar-refractivity contribution in [1.82, 2.24) is 25.8 Å². The average molecular weight is 614 g/mol. The van der Waals surface area contributed by atoms with Gasteiger partial charge in [-0.2, -0.15) is 0 Å². The number of ether oxygens (including phenoxy) is 3. The van der Waals surface area contributed by atoms with Gasteiger partial charge in [0.05, 0.1) is 56.3 Å². The largest absolute Gasteiger partial charge is 0.468 e. The molecule has 7 atom stereocenters. The van der Waals surface area contributed by atoms with Gasteiger partial charge >= 0.3 is 5.97 Å². The number of nitrogens with one attached hydrogen (secondary N) is 3. The molecule has 0 radical (unpaired) electrons. The van der Waals surface area contributed by atoms with Crippen molar-refractivity contribution in [2.45, 2.75) is 90.6 Å². The zero-order valence-electron chi connectivity index (χ0n) is 27.7. The van der Waals surface area contributed by atoms with Crippen LogP contribution in [0.4, 0.5) is 0 Å². The number of rotatable bonds is 18. The number of amides is 4. The van der Waals surface area contributed by atoms with Crippen LogP contribution in [0.25, 0.3) is 0 Å². The number of hydrogen-bond donors (Lipinski definition) is 3. The molecule has 0 aliphatic carbocycles. The van der Waals surface area contributed by atoms with Crippen molar-refractivity contribution < 1.29 is 38.2 Å². The molecule has 4 amide bonds. The van der Waals surface area contributed by atoms with E-state index in [1.807, 2.05) is 27.7 Å². The molecule has 1 heterocycles. The van der Waals surface area contributed by atoms with Crippen LogP contribution in [0.5, 0.6) is 0 Å². The highest BCUT2D eigenvalue weighted by Gasteiger charge is 2.42. The summed E-state index contributed by atoms with van der Waals surface area (Å²) in [6.45, 7) is 9.66. The Kier molecular flexibility index (Phi) is 16.7. The molecule has 13 heteroatoms. The highest BCUT2D eigenvalue weighted by Crippen LogP contribution is 2.29. The molecular formula is C30H55N5O8. The first-order chi connectivity index (χ1) is 20.3. The monoisotopic (exact) mass is 613 g/mol. The van der Waals surface area contributed by atoms with Crippen LogP contribution < -0.4 is 16.0 Å². The first kappa shape index (κ1) is 38.3. The van der Waals surface area contributed by atoms with Crippen molar-refractivity contribution in [2.75, 3.05) is 55.1 Å². The van der Waals surface area contributed by atoms with E-state index in [1.54, 1.807) is 30.8 Å². The molecule has 3 N–H and O–H groups in total. The van der Waals surface area contributed by atoms with Crippen molar-refractivity contribution in [3.05, 3.63) is 0 Å². The van der Waals surface area contributed by atoms with Gasteiger partial charge in [0, 0.05) is 27.8 Å². The molecule has 1 rings (SSSR count). The molecule has 1 saturated heterocycles. The Morgan fingerprint density at radius 2 is 1.58 bits per heavy atom. The molecule has 0 aromatic rings. The third-order valence-electron chi connectivity index (χ3n) is 8.61. The molecule has 248 valence electrons. The van der Waals surface area contributed by atoms with Crippen LogP contribution >= 0.6 is 0 Å². The molecule has 1 aliphatic rings. The standard InChI is InChI=1S/C30H55N5O8/c1-11-19(4)27(34(7)24(37)16-32-30(40)26(31-6)18(2)3)22(41-8)15-23(36)35-14-12-13-21(35)28(43-10)20(5)29(39)33-17-25(38)42-9/h18-22,26-28,31H,11-17H2,1-10H3,(H,32,40)(H,33,39). The molecule has 43 heavy (non-hydrogen) atoms. The minimum atomic E-state index is -0.628. The van der Waals surface area contributed by atoms with Gasteiger partial charge in [-0.1, -0.05) is 41.0 Å². The Bertz CT molecular complexity index is 932. The van der Waals surface area contributed by atoms with E-state index in [1.165, 1.54) is 21.3 Å². The maximum absolute atomic E-state index is 13.7. The number of nitrogens with zero attached hydrogens (tertiary/aromatic N) is 2. The van der Waals surface area contributed by atoms with Gasteiger partial charge in [-0.3, -0.25) is 24.0 Å². The Balaban J connectivity index is 3.04. The Morgan fingerprint density at radius 3 is 2.09 bits per heavy atom. The van der Waals surface area contributed by atoms with Crippen LogP contribution in [0.15, 0.2) is 0 Å². The zero-order chi connectivity index (χ0) is 32.9. The van der Waals surface area contributed by atoms with E-state index in [9.17, 15) is 24.0 Å². The number of esters is 1. The summed E-state index contributed by atoms with van der Waals surface area (Å²) in [4.78, 5) is 67.1. The SMILES string of the molecule is CCC(C)C(C(CC(=O)N1CCCC1C(OC)C(C)C(=O)NCC(=O)OC)OC)N(C)C(=O)CNC(=O)C(NC)C(C)C. The molecule has 0 saturated carbocycles. The van der Waals surface area contributed by atoms with Crippen molar-refractivity contribution in [3.8, 4) is 0 Å². The summed E-state index contributed by atoms with van der Waals surface area (Å²) in [5, 5.41) is 8.27. The number of methoxy groups -OCH3 is 3. The topological polar surface area (TPSA) is 156 Å². The van der Waals surface area contributed by atoms with Gasteiger partial charge in [-0.15, -0.1) is 0 Å². The summed E-state index contributed by atoms with van der Waals surface area (Å²) in [6.07, 6.45) is 0.995. The molecule has 13 nitrogen and oxygen atoms in total. The fraction of sp³-hybridized carbons (Fsp3) is 0.833. The second-order valence-electron chi connectivity index (χ2n) is 11.7. The van der Waals surface area contributed by atoms with E-state index in [4.69, 9.17) is 9.47 Å². The molecule has 1 fully saturated rings. The maximum Gasteiger partial charge on any atom is 0.325 e. The summed E-state index contributed by atoms with van der Waals surface area (Å²) in [6, 6.07) is -1.18. The van der Waals surface area contributed by atoms with E-state index in [2.05, 4.69) is 20.7 Å². The Morgan fingerprint density at radius 1 is 0.953 bits per heavy atom. The molecular weight excluding hydrogens is 558 g/mol. The van der Waals surface area contributed by atoms with Gasteiger partial charge < -0.3 is 40.0 Å². The fourth-order valence-corrected chi connectivity index (χ4v) is 5.88. The van der Waals surface area contributed by atoms with Crippen LogP contribution in [0.3, 0.4) is 0 Å². The highest BCUT2D eigenvalue weighted by molar-refractivity contribution is 5.88. The van der Waals surface area contributed by atoms with E-state index >= 15 is 0 Å². The summed E-state index contributed by atoms with van der Waals surface area (Å²) in [5.74, 6) is -2.19. The third kappa shape index (κ3) is 10.7. The molecule has 1 aliphatic heterocycles. The number of carbonyl (C=O) groups excluding carboxylic acids is 5. The Labute approximate surface area is 257 Å². The average Bonchev–Trinajstić information content (AvgIpc) is 3.47. The van der Waals surface area contributed by atoms with Crippen LogP contribution in [0.2, 0.25) is 0 Å². The van der Waals surface area contributed by atoms with Gasteiger partial charge in [-0.05, 0) is 31.7 Å². The summed E-state index contributed by atoms with van der Waals surface area (Å²) in [5.41, 5.74) is 0. The van der Waals surface area contributed by atoms with Gasteiger partial charge in [0.25, 0.3) is 0 Å². The predicted molar refractivity (Wildman–Crippen MR) is 162 cm³/mol. The summed E-state index contributed by atoms with van der Waals surface area (Å²) < 4.78 is 16.2. The lowest BCUT2D eigenvalue weighted by Crippen LogP contribution is -2.55. The molecule has 7 unspecified atom stereocenters. The highest BCUT2D eigenvalue weighted by atomic mass is 16.5. The summed E-state index contributed by atoms with van der Waals surface area (Å²) >= 11 is 0. The van der Waals surface area contributed by atoms with Gasteiger partial charge in [0.1, 0.15) is 6.54 Å². The van der Waals surface area contributed by atoms with Crippen molar-refractivity contribution in [3.63, 3.8) is 0 Å². The van der Waals surface area contributed by atoms with E-state index in [-0.39, 0.29) is 61.0 Å². The van der Waals surface area contributed by atoms with Gasteiger partial charge in [0.15, 0.2) is 0 Å². The molecule has 0 aromatic heterocycles. The number of likely N-dealkylation sites (N-methyl/N-ethyl adjacent to an activating group) is 2. The van der Waals surface area contributed by atoms with Crippen LogP contribution in [-0.2, 0) is 38.2 Å². The zero-order valence-corrected chi connectivity index (χ0v) is 27.7. The smallest absolute Gasteiger partial charge is 0.325 e. The number of carbonyl (C=O) groups is 5. The molecule has 0 spiro atoms. The van der Waals surface area contributed by atoms with E-state index in [0.717, 1.165) is 12.8 Å². The van der Waals surface area contributed by atoms with Crippen LogP contribution in [-0.4, -0.2) is 125 Å². The minimum absolute atomic E-state index is 0.00255. The predicted octanol–water partition coefficient (Wildman–Crippen LogP) is 0.556. The van der Waals surface area contributed by atoms with Crippen molar-refractivity contribution in [1.29, 1.82) is 0 Å². The van der Waals surface area contributed by atoms with Gasteiger partial charge in [0.2, 0.25) is 23.6 Å². The Hall–Kier alpha value is -2.77. The lowest BCUT2D eigenvalue weighted by molar-refractivity contribution is -0.146. The number of likely N-dealkylation sites (tertiary alicyclic amines) is 1. The lowest BCUT2D eigenvalue weighted by atomic mass is 9.90. The minimum Gasteiger partial charge on any atom is -0.468 e. The van der Waals surface area contributed by atoms with Crippen LogP contribution in [0, 0.1) is 17.8 Å². The third-order valence-corrected chi connectivity index (χ3v) is 8.61.